The highest BCUT2D eigenvalue weighted by molar-refractivity contribution is 9.11. The first-order valence-electron chi connectivity index (χ1n) is 4.38. The van der Waals surface area contributed by atoms with Crippen molar-refractivity contribution >= 4 is 55.2 Å². The lowest BCUT2D eigenvalue weighted by molar-refractivity contribution is -0.385. The van der Waals surface area contributed by atoms with Crippen molar-refractivity contribution in [1.82, 2.24) is 0 Å². The van der Waals surface area contributed by atoms with Crippen LogP contribution in [-0.2, 0) is 0 Å². The van der Waals surface area contributed by atoms with Gasteiger partial charge in [-0.2, -0.15) is 4.99 Å². The molecular weight excluding hydrogens is 372 g/mol. The third kappa shape index (κ3) is 3.67. The highest BCUT2D eigenvalue weighted by Crippen LogP contribution is 2.35. The van der Waals surface area contributed by atoms with E-state index >= 15 is 0 Å². The van der Waals surface area contributed by atoms with Crippen molar-refractivity contribution in [3.63, 3.8) is 0 Å². The number of guanidine groups is 2. The summed E-state index contributed by atoms with van der Waals surface area (Å²) in [6.45, 7) is 0. The van der Waals surface area contributed by atoms with Gasteiger partial charge in [0.15, 0.2) is 5.96 Å². The van der Waals surface area contributed by atoms with Crippen LogP contribution in [0.3, 0.4) is 0 Å². The molecule has 0 aromatic heterocycles. The Balaban J connectivity index is 3.25. The SMILES string of the molecule is NC(N)=NC(N)=Nc1cc(Br)c([N+](=O)[O-])cc1Br. The van der Waals surface area contributed by atoms with Crippen LogP contribution in [-0.4, -0.2) is 16.8 Å². The Kier molecular flexibility index (Phi) is 4.62. The largest absolute Gasteiger partial charge is 0.370 e. The van der Waals surface area contributed by atoms with Crippen LogP contribution in [0, 0.1) is 10.1 Å². The number of nitro groups is 1. The second-order valence-electron chi connectivity index (χ2n) is 3.02. The Hall–Kier alpha value is -1.68. The molecular formula is C8H8Br2N6O2. The van der Waals surface area contributed by atoms with Gasteiger partial charge in [0.2, 0.25) is 5.96 Å². The van der Waals surface area contributed by atoms with Gasteiger partial charge in [-0.1, -0.05) is 0 Å². The summed E-state index contributed by atoms with van der Waals surface area (Å²) < 4.78 is 0.665. The molecule has 0 saturated carbocycles. The van der Waals surface area contributed by atoms with E-state index in [0.29, 0.717) is 10.2 Å². The van der Waals surface area contributed by atoms with Gasteiger partial charge in [0.05, 0.1) is 19.6 Å². The molecule has 0 fully saturated rings. The first kappa shape index (κ1) is 14.4. The van der Waals surface area contributed by atoms with Gasteiger partial charge < -0.3 is 17.2 Å². The minimum atomic E-state index is -0.526. The third-order valence-electron chi connectivity index (χ3n) is 1.69. The van der Waals surface area contributed by atoms with Gasteiger partial charge in [-0.15, -0.1) is 0 Å². The lowest BCUT2D eigenvalue weighted by Gasteiger charge is -2.02. The van der Waals surface area contributed by atoms with E-state index in [0.717, 1.165) is 0 Å². The molecule has 0 radical (unpaired) electrons. The summed E-state index contributed by atoms with van der Waals surface area (Å²) in [7, 11) is 0. The summed E-state index contributed by atoms with van der Waals surface area (Å²) in [4.78, 5) is 17.6. The van der Waals surface area contributed by atoms with Crippen molar-refractivity contribution in [3.05, 3.63) is 31.2 Å². The Morgan fingerprint density at radius 3 is 2.33 bits per heavy atom. The maximum atomic E-state index is 10.7. The number of halogens is 2. The lowest BCUT2D eigenvalue weighted by atomic mass is 10.3. The molecule has 96 valence electrons. The van der Waals surface area contributed by atoms with E-state index in [2.05, 4.69) is 41.8 Å². The molecule has 1 aromatic rings. The zero-order valence-electron chi connectivity index (χ0n) is 8.80. The molecule has 0 unspecified atom stereocenters. The van der Waals surface area contributed by atoms with E-state index < -0.39 is 4.92 Å². The Bertz CT molecular complexity index is 553. The molecule has 0 heterocycles. The molecule has 0 aliphatic carbocycles. The van der Waals surface area contributed by atoms with Gasteiger partial charge in [0.25, 0.3) is 5.69 Å². The van der Waals surface area contributed by atoms with E-state index in [1.165, 1.54) is 12.1 Å². The van der Waals surface area contributed by atoms with E-state index in [4.69, 9.17) is 17.2 Å². The van der Waals surface area contributed by atoms with E-state index in [9.17, 15) is 10.1 Å². The van der Waals surface area contributed by atoms with Crippen LogP contribution in [0.2, 0.25) is 0 Å². The van der Waals surface area contributed by atoms with Gasteiger partial charge in [0.1, 0.15) is 0 Å². The predicted molar refractivity (Wildman–Crippen MR) is 75.6 cm³/mol. The van der Waals surface area contributed by atoms with E-state index in [1.54, 1.807) is 0 Å². The second-order valence-corrected chi connectivity index (χ2v) is 4.73. The average molecular weight is 380 g/mol. The summed E-state index contributed by atoms with van der Waals surface area (Å²) >= 11 is 6.21. The van der Waals surface area contributed by atoms with Crippen molar-refractivity contribution in [2.24, 2.45) is 27.2 Å². The molecule has 0 aliphatic rings. The van der Waals surface area contributed by atoms with E-state index in [1.807, 2.05) is 0 Å². The third-order valence-corrected chi connectivity index (χ3v) is 2.96. The molecule has 0 atom stereocenters. The minimum Gasteiger partial charge on any atom is -0.370 e. The highest BCUT2D eigenvalue weighted by Gasteiger charge is 2.15. The Morgan fingerprint density at radius 2 is 1.83 bits per heavy atom. The van der Waals surface area contributed by atoms with Gasteiger partial charge in [-0.3, -0.25) is 10.1 Å². The van der Waals surface area contributed by atoms with E-state index in [-0.39, 0.29) is 22.1 Å². The molecule has 0 saturated heterocycles. The maximum Gasteiger partial charge on any atom is 0.284 e. The quantitative estimate of drug-likeness (QED) is 0.307. The average Bonchev–Trinajstić information content (AvgIpc) is 2.21. The number of hydrogen-bond acceptors (Lipinski definition) is 3. The molecule has 1 rings (SSSR count). The summed E-state index contributed by atoms with van der Waals surface area (Å²) in [5, 5.41) is 10.7. The normalized spacial score (nSPS) is 11.1. The Morgan fingerprint density at radius 1 is 1.22 bits per heavy atom. The van der Waals surface area contributed by atoms with Crippen LogP contribution >= 0.6 is 31.9 Å². The van der Waals surface area contributed by atoms with Crippen molar-refractivity contribution in [3.8, 4) is 0 Å². The summed E-state index contributed by atoms with van der Waals surface area (Å²) in [6, 6.07) is 2.73. The van der Waals surface area contributed by atoms with Gasteiger partial charge in [0, 0.05) is 6.07 Å². The van der Waals surface area contributed by atoms with Crippen molar-refractivity contribution < 1.29 is 4.92 Å². The van der Waals surface area contributed by atoms with Crippen LogP contribution in [0.1, 0.15) is 0 Å². The number of rotatable bonds is 2. The van der Waals surface area contributed by atoms with Crippen LogP contribution < -0.4 is 17.2 Å². The van der Waals surface area contributed by atoms with Crippen molar-refractivity contribution in [2.75, 3.05) is 0 Å². The van der Waals surface area contributed by atoms with Gasteiger partial charge in [-0.25, -0.2) is 4.99 Å². The first-order valence-corrected chi connectivity index (χ1v) is 5.97. The topological polar surface area (TPSA) is 146 Å². The number of nitrogens with two attached hydrogens (primary N) is 3. The van der Waals surface area contributed by atoms with Crippen LogP contribution in [0.25, 0.3) is 0 Å². The molecule has 18 heavy (non-hydrogen) atoms. The summed E-state index contributed by atoms with van der Waals surface area (Å²) in [5.74, 6) is -0.384. The number of nitro benzene ring substituents is 1. The molecule has 6 N–H and O–H groups in total. The molecule has 0 bridgehead atoms. The molecule has 8 nitrogen and oxygen atoms in total. The monoisotopic (exact) mass is 378 g/mol. The number of aliphatic imine (C=N–C) groups is 2. The van der Waals surface area contributed by atoms with Crippen LogP contribution in [0.5, 0.6) is 0 Å². The molecule has 10 heteroatoms. The number of benzene rings is 1. The fourth-order valence-corrected chi connectivity index (χ4v) is 1.93. The molecule has 1 aromatic carbocycles. The fraction of sp³-hybridized carbons (Fsp3) is 0. The highest BCUT2D eigenvalue weighted by atomic mass is 79.9. The minimum absolute atomic E-state index is 0.0961. The number of hydrogen-bond donors (Lipinski definition) is 3. The summed E-state index contributed by atoms with van der Waals surface area (Å²) in [6.07, 6.45) is 0. The van der Waals surface area contributed by atoms with Gasteiger partial charge >= 0.3 is 0 Å². The maximum absolute atomic E-state index is 10.7. The van der Waals surface area contributed by atoms with Crippen LogP contribution in [0.4, 0.5) is 11.4 Å². The zero-order valence-corrected chi connectivity index (χ0v) is 12.0. The van der Waals surface area contributed by atoms with Crippen LogP contribution in [0.15, 0.2) is 31.1 Å². The first-order chi connectivity index (χ1) is 8.31. The zero-order chi connectivity index (χ0) is 13.9. The Labute approximate surface area is 118 Å². The molecule has 0 amide bonds. The number of nitrogens with zero attached hydrogens (tertiary/aromatic N) is 3. The smallest absolute Gasteiger partial charge is 0.284 e. The lowest BCUT2D eigenvalue weighted by Crippen LogP contribution is -2.26. The molecule has 0 spiro atoms. The fourth-order valence-electron chi connectivity index (χ4n) is 1.03. The predicted octanol–water partition coefficient (Wildman–Crippen LogP) is 1.34. The van der Waals surface area contributed by atoms with Gasteiger partial charge in [-0.05, 0) is 37.9 Å². The van der Waals surface area contributed by atoms with Crippen molar-refractivity contribution in [1.29, 1.82) is 0 Å². The second kappa shape index (κ2) is 5.78. The van der Waals surface area contributed by atoms with Crippen molar-refractivity contribution in [2.45, 2.75) is 0 Å². The summed E-state index contributed by atoms with van der Waals surface area (Å²) in [5.41, 5.74) is 16.0. The molecule has 0 aliphatic heterocycles. The standard InChI is InChI=1S/C8H8Br2N6O2/c9-3-2-6(16(17)18)4(10)1-5(3)14-8(13)15-7(11)12/h1-2H,(H6,11,12,13,14,15).